The van der Waals surface area contributed by atoms with Gasteiger partial charge in [-0.3, -0.25) is 4.79 Å². The van der Waals surface area contributed by atoms with Gasteiger partial charge in [0.1, 0.15) is 11.3 Å². The third kappa shape index (κ3) is 4.04. The van der Waals surface area contributed by atoms with Crippen molar-refractivity contribution in [1.29, 1.82) is 0 Å². The summed E-state index contributed by atoms with van der Waals surface area (Å²) in [5.74, 6) is -0.941. The summed E-state index contributed by atoms with van der Waals surface area (Å²) < 4.78 is 0. The Hall–Kier alpha value is -3.97. The van der Waals surface area contributed by atoms with Gasteiger partial charge in [0.05, 0.1) is 5.56 Å². The zero-order valence-electron chi connectivity index (χ0n) is 17.1. The fraction of sp³-hybridized carbons (Fsp3) is 0.125. The maximum atomic E-state index is 11.3. The highest BCUT2D eigenvalue weighted by Gasteiger charge is 2.17. The molecule has 1 atom stereocenters. The topological polar surface area (TPSA) is 121 Å². The number of anilines is 1. The summed E-state index contributed by atoms with van der Waals surface area (Å²) in [6.07, 6.45) is 4.32. The van der Waals surface area contributed by atoms with E-state index in [1.54, 1.807) is 32.2 Å². The Morgan fingerprint density at radius 2 is 1.97 bits per heavy atom. The first-order valence-corrected chi connectivity index (χ1v) is 9.73. The van der Waals surface area contributed by atoms with Gasteiger partial charge in [-0.15, -0.1) is 0 Å². The van der Waals surface area contributed by atoms with Gasteiger partial charge in [0.25, 0.3) is 0 Å². The number of aromatic nitrogens is 2. The van der Waals surface area contributed by atoms with Gasteiger partial charge in [0.2, 0.25) is 0 Å². The van der Waals surface area contributed by atoms with Crippen LogP contribution in [-0.4, -0.2) is 33.0 Å². The number of aryl methyl sites for hydroxylation is 1. The molecule has 0 aliphatic heterocycles. The number of carboxylic acids is 1. The first-order valence-electron chi connectivity index (χ1n) is 9.73. The number of nitrogens with two attached hydrogens (primary N) is 1. The molecule has 4 rings (SSSR count). The molecule has 31 heavy (non-hydrogen) atoms. The Bertz CT molecular complexity index is 1310. The smallest absolute Gasteiger partial charge is 0.335 e. The number of carbonyl (C=O) groups excluding carboxylic acids is 1. The number of nitrogens with one attached hydrogen (secondary N) is 2. The average molecular weight is 414 g/mol. The molecule has 2 aromatic heterocycles. The highest BCUT2D eigenvalue weighted by atomic mass is 16.4. The number of rotatable bonds is 6. The number of carbonyl (C=O) groups is 2. The van der Waals surface area contributed by atoms with Gasteiger partial charge >= 0.3 is 5.97 Å². The zero-order valence-corrected chi connectivity index (χ0v) is 17.1. The molecule has 0 bridgehead atoms. The Kier molecular flexibility index (Phi) is 5.04. The molecule has 0 aliphatic carbocycles. The standard InChI is InChI=1S/C24H22N4O3/c1-14-8-16(6-7-19(14)23(30)31)21-12-27-22-20(21)10-17(11-26-22)15-4-3-5-18(9-15)28-24(2,25)13-29/h3-13,28H,25H2,1-2H3,(H,26,27)(H,30,31)/t24-/m0/s1. The second kappa shape index (κ2) is 7.70. The molecule has 0 saturated carbocycles. The Morgan fingerprint density at radius 1 is 1.16 bits per heavy atom. The predicted octanol–water partition coefficient (Wildman–Crippen LogP) is 4.19. The van der Waals surface area contributed by atoms with E-state index in [9.17, 15) is 14.7 Å². The van der Waals surface area contributed by atoms with Crippen LogP contribution in [0.15, 0.2) is 60.9 Å². The lowest BCUT2D eigenvalue weighted by Crippen LogP contribution is -2.46. The van der Waals surface area contributed by atoms with Crippen LogP contribution in [-0.2, 0) is 4.79 Å². The van der Waals surface area contributed by atoms with Crippen molar-refractivity contribution in [2.75, 3.05) is 5.32 Å². The van der Waals surface area contributed by atoms with Gasteiger partial charge in [0, 0.05) is 34.6 Å². The molecule has 2 heterocycles. The molecule has 0 amide bonds. The number of carboxylic acid groups (broad SMARTS) is 1. The Morgan fingerprint density at radius 3 is 2.68 bits per heavy atom. The van der Waals surface area contributed by atoms with Crippen LogP contribution in [0, 0.1) is 6.92 Å². The fourth-order valence-electron chi connectivity index (χ4n) is 3.59. The fourth-order valence-corrected chi connectivity index (χ4v) is 3.59. The van der Waals surface area contributed by atoms with Crippen molar-refractivity contribution in [3.63, 3.8) is 0 Å². The SMILES string of the molecule is Cc1cc(-c2c[nH]c3ncc(-c4cccc(N[C@](C)(N)C=O)c4)cc23)ccc1C(=O)O. The Balaban J connectivity index is 1.75. The number of hydrogen-bond acceptors (Lipinski definition) is 5. The maximum Gasteiger partial charge on any atom is 0.335 e. The molecule has 0 fully saturated rings. The largest absolute Gasteiger partial charge is 0.478 e. The summed E-state index contributed by atoms with van der Waals surface area (Å²) >= 11 is 0. The van der Waals surface area contributed by atoms with Gasteiger partial charge in [-0.2, -0.15) is 0 Å². The molecule has 156 valence electrons. The summed E-state index contributed by atoms with van der Waals surface area (Å²) in [5.41, 5.74) is 10.9. The van der Waals surface area contributed by atoms with Gasteiger partial charge < -0.3 is 21.1 Å². The summed E-state index contributed by atoms with van der Waals surface area (Å²) in [6.45, 7) is 3.39. The number of aromatic carboxylic acids is 1. The van der Waals surface area contributed by atoms with E-state index in [0.717, 1.165) is 39.0 Å². The van der Waals surface area contributed by atoms with Crippen molar-refractivity contribution in [3.05, 3.63) is 72.1 Å². The lowest BCUT2D eigenvalue weighted by molar-refractivity contribution is -0.111. The molecule has 7 nitrogen and oxygen atoms in total. The summed E-state index contributed by atoms with van der Waals surface area (Å²) in [4.78, 5) is 30.2. The van der Waals surface area contributed by atoms with Crippen LogP contribution in [0.4, 0.5) is 5.69 Å². The molecule has 0 radical (unpaired) electrons. The molecule has 0 aliphatic rings. The summed E-state index contributed by atoms with van der Waals surface area (Å²) in [5, 5.41) is 13.2. The van der Waals surface area contributed by atoms with Crippen LogP contribution >= 0.6 is 0 Å². The normalized spacial score (nSPS) is 13.0. The highest BCUT2D eigenvalue weighted by Crippen LogP contribution is 2.32. The van der Waals surface area contributed by atoms with Crippen molar-refractivity contribution < 1.29 is 14.7 Å². The number of aromatic amines is 1. The van der Waals surface area contributed by atoms with E-state index in [4.69, 9.17) is 5.73 Å². The number of aldehydes is 1. The minimum atomic E-state index is -1.16. The van der Waals surface area contributed by atoms with Crippen LogP contribution < -0.4 is 11.1 Å². The van der Waals surface area contributed by atoms with Crippen molar-refractivity contribution in [1.82, 2.24) is 9.97 Å². The van der Waals surface area contributed by atoms with Gasteiger partial charge in [0.15, 0.2) is 6.29 Å². The number of benzene rings is 2. The number of fused-ring (bicyclic) bond motifs is 1. The summed E-state index contributed by atoms with van der Waals surface area (Å²) in [7, 11) is 0. The zero-order chi connectivity index (χ0) is 22.2. The molecule has 0 unspecified atom stereocenters. The van der Waals surface area contributed by atoms with Crippen LogP contribution in [0.3, 0.4) is 0 Å². The van der Waals surface area contributed by atoms with Crippen LogP contribution in [0.5, 0.6) is 0 Å². The quantitative estimate of drug-likeness (QED) is 0.277. The second-order valence-electron chi connectivity index (χ2n) is 7.76. The molecule has 0 saturated heterocycles. The monoisotopic (exact) mass is 414 g/mol. The van der Waals surface area contributed by atoms with Gasteiger partial charge in [-0.25, -0.2) is 9.78 Å². The van der Waals surface area contributed by atoms with E-state index in [2.05, 4.69) is 15.3 Å². The lowest BCUT2D eigenvalue weighted by Gasteiger charge is -2.20. The molecular weight excluding hydrogens is 392 g/mol. The van der Waals surface area contributed by atoms with Crippen LogP contribution in [0.2, 0.25) is 0 Å². The van der Waals surface area contributed by atoms with Gasteiger partial charge in [-0.1, -0.05) is 24.3 Å². The van der Waals surface area contributed by atoms with Crippen molar-refractivity contribution in [2.24, 2.45) is 5.73 Å². The van der Waals surface area contributed by atoms with Crippen molar-refractivity contribution in [3.8, 4) is 22.3 Å². The van der Waals surface area contributed by atoms with E-state index in [1.165, 1.54) is 0 Å². The molecule has 0 spiro atoms. The van der Waals surface area contributed by atoms with E-state index < -0.39 is 11.6 Å². The number of nitrogens with zero attached hydrogens (tertiary/aromatic N) is 1. The third-order valence-corrected chi connectivity index (χ3v) is 5.15. The molecule has 7 heteroatoms. The number of H-pyrrole nitrogens is 1. The first kappa shape index (κ1) is 20.3. The van der Waals surface area contributed by atoms with Gasteiger partial charge in [-0.05, 0) is 54.8 Å². The molecule has 4 aromatic rings. The first-order chi connectivity index (χ1) is 14.8. The highest BCUT2D eigenvalue weighted by molar-refractivity contribution is 5.97. The average Bonchev–Trinajstić information content (AvgIpc) is 3.16. The maximum absolute atomic E-state index is 11.3. The Labute approximate surface area is 178 Å². The van der Waals surface area contributed by atoms with Crippen LogP contribution in [0.25, 0.3) is 33.3 Å². The minimum absolute atomic E-state index is 0.286. The second-order valence-corrected chi connectivity index (χ2v) is 7.76. The van der Waals surface area contributed by atoms with E-state index >= 15 is 0 Å². The van der Waals surface area contributed by atoms with Crippen molar-refractivity contribution in [2.45, 2.75) is 19.5 Å². The minimum Gasteiger partial charge on any atom is -0.478 e. The number of hydrogen-bond donors (Lipinski definition) is 4. The molecule has 5 N–H and O–H groups in total. The van der Waals surface area contributed by atoms with Crippen molar-refractivity contribution >= 4 is 29.0 Å². The van der Waals surface area contributed by atoms with E-state index in [0.29, 0.717) is 11.8 Å². The predicted molar refractivity (Wildman–Crippen MR) is 121 cm³/mol. The number of pyridine rings is 1. The van der Waals surface area contributed by atoms with E-state index in [1.807, 2.05) is 42.6 Å². The molecular formula is C24H22N4O3. The lowest BCUT2D eigenvalue weighted by atomic mass is 9.98. The van der Waals surface area contributed by atoms with Crippen LogP contribution in [0.1, 0.15) is 22.8 Å². The molecule has 2 aromatic carbocycles. The third-order valence-electron chi connectivity index (χ3n) is 5.15. The van der Waals surface area contributed by atoms with E-state index in [-0.39, 0.29) is 5.56 Å². The summed E-state index contributed by atoms with van der Waals surface area (Å²) in [6, 6.07) is 14.9.